The summed E-state index contributed by atoms with van der Waals surface area (Å²) in [5, 5.41) is 3.93. The minimum absolute atomic E-state index is 0.00338. The molecule has 1 saturated heterocycles. The minimum Gasteiger partial charge on any atom is -0.406 e. The summed E-state index contributed by atoms with van der Waals surface area (Å²) in [5.74, 6) is 0.0113. The van der Waals surface area contributed by atoms with Crippen molar-refractivity contribution in [1.82, 2.24) is 10.1 Å². The number of ether oxygens (including phenoxy) is 1. The largest absolute Gasteiger partial charge is 0.573 e. The number of halogens is 3. The first-order valence-corrected chi connectivity index (χ1v) is 9.98. The van der Waals surface area contributed by atoms with Crippen LogP contribution in [0.3, 0.4) is 0 Å². The van der Waals surface area contributed by atoms with Crippen LogP contribution in [0.5, 0.6) is 5.75 Å². The molecule has 0 saturated carbocycles. The summed E-state index contributed by atoms with van der Waals surface area (Å²) in [7, 11) is 0. The van der Waals surface area contributed by atoms with Gasteiger partial charge >= 0.3 is 6.36 Å². The standard InChI is InChI=1S/C22H18F3N3O3/c23-22(24,25)30-18-8-5-14(6-9-18)20-26-21(31-27-20)16-11-19(29)28(12-16)17-7-4-13-2-1-3-15(13)10-17/h4-10,16H,1-3,11-12H2. The van der Waals surface area contributed by atoms with Crippen LogP contribution in [0.1, 0.15) is 35.8 Å². The van der Waals surface area contributed by atoms with E-state index in [1.54, 1.807) is 4.90 Å². The van der Waals surface area contributed by atoms with Crippen LogP contribution in [0.15, 0.2) is 47.0 Å². The Morgan fingerprint density at radius 1 is 1.06 bits per heavy atom. The van der Waals surface area contributed by atoms with Gasteiger partial charge in [0.05, 0.1) is 5.92 Å². The van der Waals surface area contributed by atoms with Crippen LogP contribution < -0.4 is 9.64 Å². The van der Waals surface area contributed by atoms with E-state index in [0.717, 1.165) is 24.9 Å². The maximum absolute atomic E-state index is 12.6. The van der Waals surface area contributed by atoms with Crippen LogP contribution in [0.2, 0.25) is 0 Å². The molecule has 6 nitrogen and oxygen atoms in total. The normalized spacial score (nSPS) is 18.5. The third kappa shape index (κ3) is 3.99. The highest BCUT2D eigenvalue weighted by Gasteiger charge is 2.35. The minimum atomic E-state index is -4.75. The molecule has 5 rings (SSSR count). The molecule has 1 fully saturated rings. The van der Waals surface area contributed by atoms with E-state index in [2.05, 4.69) is 27.0 Å². The number of hydrogen-bond donors (Lipinski definition) is 0. The Morgan fingerprint density at radius 2 is 1.84 bits per heavy atom. The van der Waals surface area contributed by atoms with Crippen LogP contribution in [0.25, 0.3) is 11.4 Å². The molecule has 31 heavy (non-hydrogen) atoms. The van der Waals surface area contributed by atoms with Crippen molar-refractivity contribution in [2.45, 2.75) is 38.0 Å². The van der Waals surface area contributed by atoms with E-state index in [-0.39, 0.29) is 29.8 Å². The maximum atomic E-state index is 12.6. The summed E-state index contributed by atoms with van der Waals surface area (Å²) in [4.78, 5) is 18.7. The summed E-state index contributed by atoms with van der Waals surface area (Å²) in [5.41, 5.74) is 4.02. The van der Waals surface area contributed by atoms with Crippen molar-refractivity contribution in [1.29, 1.82) is 0 Å². The maximum Gasteiger partial charge on any atom is 0.573 e. The highest BCUT2D eigenvalue weighted by Crippen LogP contribution is 2.34. The van der Waals surface area contributed by atoms with Crippen molar-refractivity contribution in [2.24, 2.45) is 0 Å². The van der Waals surface area contributed by atoms with Gasteiger partial charge in [-0.05, 0) is 66.8 Å². The van der Waals surface area contributed by atoms with Gasteiger partial charge in [0.2, 0.25) is 17.6 Å². The molecule has 1 aromatic heterocycles. The third-order valence-corrected chi connectivity index (χ3v) is 5.66. The molecule has 1 atom stereocenters. The number of benzene rings is 2. The van der Waals surface area contributed by atoms with E-state index in [1.165, 1.54) is 35.4 Å². The first-order chi connectivity index (χ1) is 14.9. The van der Waals surface area contributed by atoms with E-state index in [0.29, 0.717) is 18.0 Å². The molecule has 0 N–H and O–H groups in total. The number of rotatable bonds is 4. The SMILES string of the molecule is O=C1CC(c2nc(-c3ccc(OC(F)(F)F)cc3)no2)CN1c1ccc2c(c1)CCC2. The lowest BCUT2D eigenvalue weighted by atomic mass is 10.1. The Hall–Kier alpha value is -3.36. The number of aromatic nitrogens is 2. The van der Waals surface area contributed by atoms with E-state index in [1.807, 2.05) is 6.07 Å². The van der Waals surface area contributed by atoms with Gasteiger partial charge in [-0.15, -0.1) is 13.2 Å². The molecule has 9 heteroatoms. The molecule has 1 aliphatic carbocycles. The van der Waals surface area contributed by atoms with Gasteiger partial charge in [-0.2, -0.15) is 4.98 Å². The van der Waals surface area contributed by atoms with Gasteiger partial charge < -0.3 is 14.2 Å². The second-order valence-corrected chi connectivity index (χ2v) is 7.74. The highest BCUT2D eigenvalue weighted by atomic mass is 19.4. The van der Waals surface area contributed by atoms with Crippen LogP contribution in [-0.4, -0.2) is 29.0 Å². The van der Waals surface area contributed by atoms with Gasteiger partial charge in [-0.3, -0.25) is 4.79 Å². The van der Waals surface area contributed by atoms with Gasteiger partial charge in [0, 0.05) is 24.2 Å². The van der Waals surface area contributed by atoms with Gasteiger partial charge in [0.25, 0.3) is 0 Å². The number of hydrogen-bond acceptors (Lipinski definition) is 5. The molecular formula is C22H18F3N3O3. The van der Waals surface area contributed by atoms with E-state index in [9.17, 15) is 18.0 Å². The monoisotopic (exact) mass is 429 g/mol. The fourth-order valence-corrected chi connectivity index (χ4v) is 4.17. The molecule has 2 aromatic carbocycles. The summed E-state index contributed by atoms with van der Waals surface area (Å²) in [6, 6.07) is 11.4. The molecule has 1 unspecified atom stereocenters. The fourth-order valence-electron chi connectivity index (χ4n) is 4.17. The Kier molecular flexibility index (Phi) is 4.68. The predicted molar refractivity (Wildman–Crippen MR) is 105 cm³/mol. The molecule has 0 radical (unpaired) electrons. The van der Waals surface area contributed by atoms with E-state index < -0.39 is 6.36 Å². The average Bonchev–Trinajstić information content (AvgIpc) is 3.46. The lowest BCUT2D eigenvalue weighted by Crippen LogP contribution is -2.24. The number of nitrogens with zero attached hydrogens (tertiary/aromatic N) is 3. The molecule has 2 aliphatic rings. The van der Waals surface area contributed by atoms with Crippen molar-refractivity contribution < 1.29 is 27.2 Å². The van der Waals surface area contributed by atoms with Gasteiger partial charge in [0.15, 0.2) is 0 Å². The van der Waals surface area contributed by atoms with E-state index >= 15 is 0 Å². The zero-order valence-electron chi connectivity index (χ0n) is 16.4. The van der Waals surface area contributed by atoms with Crippen LogP contribution in [0, 0.1) is 0 Å². The number of aryl methyl sites for hydroxylation is 2. The van der Waals surface area contributed by atoms with Gasteiger partial charge in [0.1, 0.15) is 5.75 Å². The quantitative estimate of drug-likeness (QED) is 0.604. The Morgan fingerprint density at radius 3 is 2.61 bits per heavy atom. The lowest BCUT2D eigenvalue weighted by Gasteiger charge is -2.17. The highest BCUT2D eigenvalue weighted by molar-refractivity contribution is 5.96. The second kappa shape index (κ2) is 7.40. The topological polar surface area (TPSA) is 68.5 Å². The Balaban J connectivity index is 1.30. The zero-order valence-corrected chi connectivity index (χ0v) is 16.4. The fraction of sp³-hybridized carbons (Fsp3) is 0.318. The number of amides is 1. The van der Waals surface area contributed by atoms with Crippen LogP contribution in [-0.2, 0) is 17.6 Å². The van der Waals surface area contributed by atoms with E-state index in [4.69, 9.17) is 4.52 Å². The molecule has 3 aromatic rings. The molecule has 2 heterocycles. The van der Waals surface area contributed by atoms with Crippen molar-refractivity contribution in [2.75, 3.05) is 11.4 Å². The van der Waals surface area contributed by atoms with Crippen molar-refractivity contribution >= 4 is 11.6 Å². The van der Waals surface area contributed by atoms with Crippen molar-refractivity contribution in [3.05, 3.63) is 59.5 Å². The first-order valence-electron chi connectivity index (χ1n) is 9.98. The summed E-state index contributed by atoms with van der Waals surface area (Å²) >= 11 is 0. The molecular weight excluding hydrogens is 411 g/mol. The van der Waals surface area contributed by atoms with Crippen LogP contribution >= 0.6 is 0 Å². The van der Waals surface area contributed by atoms with Crippen LogP contribution in [0.4, 0.5) is 18.9 Å². The second-order valence-electron chi connectivity index (χ2n) is 7.74. The zero-order chi connectivity index (χ0) is 21.6. The smallest absolute Gasteiger partial charge is 0.406 e. The molecule has 1 amide bonds. The Labute approximate surface area is 175 Å². The number of fused-ring (bicyclic) bond motifs is 1. The molecule has 0 bridgehead atoms. The third-order valence-electron chi connectivity index (χ3n) is 5.66. The number of anilines is 1. The summed E-state index contributed by atoms with van der Waals surface area (Å²) in [6.45, 7) is 0.442. The number of alkyl halides is 3. The Bertz CT molecular complexity index is 1130. The molecule has 160 valence electrons. The van der Waals surface area contributed by atoms with Gasteiger partial charge in [-0.25, -0.2) is 0 Å². The predicted octanol–water partition coefficient (Wildman–Crippen LogP) is 4.64. The molecule has 0 spiro atoms. The van der Waals surface area contributed by atoms with Crippen molar-refractivity contribution in [3.8, 4) is 17.1 Å². The van der Waals surface area contributed by atoms with Gasteiger partial charge in [-0.1, -0.05) is 11.2 Å². The number of carbonyl (C=O) groups is 1. The molecule has 1 aliphatic heterocycles. The summed E-state index contributed by atoms with van der Waals surface area (Å²) in [6.07, 6.45) is -1.23. The average molecular weight is 429 g/mol. The first kappa shape index (κ1) is 19.6. The number of carbonyl (C=O) groups excluding carboxylic acids is 1. The van der Waals surface area contributed by atoms with Crippen molar-refractivity contribution in [3.63, 3.8) is 0 Å². The summed E-state index contributed by atoms with van der Waals surface area (Å²) < 4.78 is 46.1. The lowest BCUT2D eigenvalue weighted by molar-refractivity contribution is -0.274.